The summed E-state index contributed by atoms with van der Waals surface area (Å²) in [6.07, 6.45) is 11.2. The van der Waals surface area contributed by atoms with Gasteiger partial charge in [0.25, 0.3) is 0 Å². The summed E-state index contributed by atoms with van der Waals surface area (Å²) in [5.41, 5.74) is 6.06. The van der Waals surface area contributed by atoms with Crippen LogP contribution in [0.5, 0.6) is 0 Å². The molecule has 0 nitrogen and oxygen atoms in total. The van der Waals surface area contributed by atoms with E-state index in [1.54, 1.807) is 0 Å². The number of terminal acetylenes is 2. The lowest BCUT2D eigenvalue weighted by Crippen LogP contribution is -2.56. The first-order valence-electron chi connectivity index (χ1n) is 4.45. The molecule has 66 valence electrons. The van der Waals surface area contributed by atoms with Crippen LogP contribution in [0.3, 0.4) is 0 Å². The van der Waals surface area contributed by atoms with Crippen LogP contribution in [0.1, 0.15) is 13.8 Å². The largest absolute Gasteiger partial charge is 0.140 e. The molecule has 0 radical (unpaired) electrons. The van der Waals surface area contributed by atoms with Crippen molar-refractivity contribution in [2.45, 2.75) is 39.0 Å². The van der Waals surface area contributed by atoms with Crippen LogP contribution in [0, 0.1) is 23.9 Å². The molecule has 2 unspecified atom stereocenters. The third kappa shape index (κ3) is 1.65. The van der Waals surface area contributed by atoms with E-state index in [1.807, 2.05) is 0 Å². The van der Waals surface area contributed by atoms with E-state index in [2.05, 4.69) is 38.0 Å². The topological polar surface area (TPSA) is 0 Å². The van der Waals surface area contributed by atoms with E-state index in [0.717, 1.165) is 12.1 Å². The van der Waals surface area contributed by atoms with Gasteiger partial charge < -0.3 is 0 Å². The van der Waals surface area contributed by atoms with Crippen molar-refractivity contribution in [2.24, 2.45) is 0 Å². The molecule has 0 bridgehead atoms. The first-order valence-corrected chi connectivity index (χ1v) is 10.9. The highest BCUT2D eigenvalue weighted by Gasteiger charge is 2.44. The van der Waals surface area contributed by atoms with Crippen LogP contribution in [-0.4, -0.2) is 15.2 Å². The smallest absolute Gasteiger partial charge is 0.137 e. The highest BCUT2D eigenvalue weighted by Crippen LogP contribution is 2.24. The van der Waals surface area contributed by atoms with Crippen LogP contribution < -0.4 is 0 Å². The van der Waals surface area contributed by atoms with E-state index in [4.69, 9.17) is 12.8 Å². The summed E-state index contributed by atoms with van der Waals surface area (Å²) >= 11 is 0. The van der Waals surface area contributed by atoms with Crippen LogP contribution in [-0.2, 0) is 0 Å². The molecular formula is C10H18Si2. The molecule has 0 aliphatic carbocycles. The van der Waals surface area contributed by atoms with Gasteiger partial charge in [-0.15, -0.1) is 23.9 Å². The Morgan fingerprint density at radius 3 is 1.25 bits per heavy atom. The van der Waals surface area contributed by atoms with Gasteiger partial charge in [-0.25, -0.2) is 0 Å². The summed E-state index contributed by atoms with van der Waals surface area (Å²) in [5.74, 6) is 0. The molecule has 0 amide bonds. The Morgan fingerprint density at radius 1 is 0.917 bits per heavy atom. The predicted octanol–water partition coefficient (Wildman–Crippen LogP) is 2.61. The van der Waals surface area contributed by atoms with Crippen molar-refractivity contribution in [1.82, 2.24) is 0 Å². The second-order valence-electron chi connectivity index (χ2n) is 3.66. The standard InChI is InChI=1S/C10H18Si2/c1-7-11(5,8-2)12(6,9-3)10-4/h1,3H,8,10H2,2,4-6H3. The van der Waals surface area contributed by atoms with Gasteiger partial charge in [-0.1, -0.05) is 39.0 Å². The summed E-state index contributed by atoms with van der Waals surface area (Å²) in [5, 5.41) is 0. The van der Waals surface area contributed by atoms with Gasteiger partial charge in [0.1, 0.15) is 15.2 Å². The van der Waals surface area contributed by atoms with Crippen LogP contribution in [0.25, 0.3) is 0 Å². The van der Waals surface area contributed by atoms with Gasteiger partial charge in [0.2, 0.25) is 0 Å². The molecule has 0 N–H and O–H groups in total. The third-order valence-electron chi connectivity index (χ3n) is 3.27. The minimum absolute atomic E-state index is 1.13. The lowest BCUT2D eigenvalue weighted by molar-refractivity contribution is 1.36. The second-order valence-corrected chi connectivity index (χ2v) is 17.6. The second kappa shape index (κ2) is 3.98. The number of rotatable bonds is 3. The lowest BCUT2D eigenvalue weighted by atomic mass is 11.0. The molecule has 2 heteroatoms. The van der Waals surface area contributed by atoms with Crippen LogP contribution >= 0.6 is 0 Å². The van der Waals surface area contributed by atoms with Gasteiger partial charge in [0, 0.05) is 0 Å². The van der Waals surface area contributed by atoms with Gasteiger partial charge in [-0.05, 0) is 0 Å². The van der Waals surface area contributed by atoms with Crippen molar-refractivity contribution < 1.29 is 0 Å². The summed E-state index contributed by atoms with van der Waals surface area (Å²) in [7, 11) is -3.04. The molecule has 0 aromatic heterocycles. The van der Waals surface area contributed by atoms with E-state index in [-0.39, 0.29) is 0 Å². The highest BCUT2D eigenvalue weighted by atomic mass is 29.3. The average molecular weight is 194 g/mol. The molecule has 0 aromatic carbocycles. The first kappa shape index (κ1) is 11.6. The molecule has 0 fully saturated rings. The van der Waals surface area contributed by atoms with Crippen molar-refractivity contribution in [3.8, 4) is 23.9 Å². The predicted molar refractivity (Wildman–Crippen MR) is 61.9 cm³/mol. The molecule has 0 rings (SSSR count). The van der Waals surface area contributed by atoms with Gasteiger partial charge in [0.05, 0.1) is 0 Å². The summed E-state index contributed by atoms with van der Waals surface area (Å²) < 4.78 is 0. The Kier molecular flexibility index (Phi) is 3.83. The molecular weight excluding hydrogens is 176 g/mol. The maximum absolute atomic E-state index is 5.61. The van der Waals surface area contributed by atoms with Crippen molar-refractivity contribution in [3.63, 3.8) is 0 Å². The van der Waals surface area contributed by atoms with Gasteiger partial charge in [-0.2, -0.15) is 0 Å². The molecule has 0 aliphatic heterocycles. The lowest BCUT2D eigenvalue weighted by Gasteiger charge is -2.33. The highest BCUT2D eigenvalue weighted by molar-refractivity contribution is 7.47. The van der Waals surface area contributed by atoms with Crippen LogP contribution in [0.15, 0.2) is 0 Å². The summed E-state index contributed by atoms with van der Waals surface area (Å²) in [6, 6.07) is 2.26. The zero-order valence-corrected chi connectivity index (χ0v) is 10.6. The van der Waals surface area contributed by atoms with Crippen molar-refractivity contribution >= 4 is 15.2 Å². The fourth-order valence-corrected chi connectivity index (χ4v) is 10.5. The van der Waals surface area contributed by atoms with Gasteiger partial charge in [0.15, 0.2) is 0 Å². The van der Waals surface area contributed by atoms with Crippen molar-refractivity contribution in [3.05, 3.63) is 0 Å². The minimum atomic E-state index is -1.52. The number of hydrogen-bond acceptors (Lipinski definition) is 0. The summed E-state index contributed by atoms with van der Waals surface area (Å²) in [6.45, 7) is 8.90. The molecule has 0 aliphatic rings. The van der Waals surface area contributed by atoms with Crippen molar-refractivity contribution in [1.29, 1.82) is 0 Å². The molecule has 2 atom stereocenters. The molecule has 0 saturated carbocycles. The molecule has 0 heterocycles. The minimum Gasteiger partial charge on any atom is -0.137 e. The summed E-state index contributed by atoms with van der Waals surface area (Å²) in [4.78, 5) is 0. The SMILES string of the molecule is C#C[Si](C)(CC)[Si](C)(C#C)CC. The maximum atomic E-state index is 5.61. The Bertz CT molecular complexity index is 207. The Morgan fingerprint density at radius 2 is 1.17 bits per heavy atom. The van der Waals surface area contributed by atoms with E-state index in [1.165, 1.54) is 0 Å². The Balaban J connectivity index is 4.99. The normalized spacial score (nSPS) is 19.8. The zero-order valence-electron chi connectivity index (χ0n) is 8.57. The van der Waals surface area contributed by atoms with Crippen LogP contribution in [0.4, 0.5) is 0 Å². The molecule has 0 spiro atoms. The van der Waals surface area contributed by atoms with E-state index < -0.39 is 15.2 Å². The maximum Gasteiger partial charge on any atom is 0.140 e. The fourth-order valence-electron chi connectivity index (χ4n) is 1.30. The molecule has 0 saturated heterocycles. The molecule has 0 aromatic rings. The molecule has 12 heavy (non-hydrogen) atoms. The Hall–Kier alpha value is -0.446. The average Bonchev–Trinajstić information content (AvgIpc) is 2.15. The quantitative estimate of drug-likeness (QED) is 0.478. The zero-order chi connectivity index (χ0) is 9.83. The van der Waals surface area contributed by atoms with E-state index >= 15 is 0 Å². The fraction of sp³-hybridized carbons (Fsp3) is 0.600. The van der Waals surface area contributed by atoms with Gasteiger partial charge >= 0.3 is 0 Å². The van der Waals surface area contributed by atoms with E-state index in [0.29, 0.717) is 0 Å². The van der Waals surface area contributed by atoms with E-state index in [9.17, 15) is 0 Å². The number of hydrogen-bond donors (Lipinski definition) is 0. The third-order valence-corrected chi connectivity index (χ3v) is 20.1. The van der Waals surface area contributed by atoms with Gasteiger partial charge in [-0.3, -0.25) is 0 Å². The van der Waals surface area contributed by atoms with Crippen LogP contribution in [0.2, 0.25) is 25.2 Å². The first-order chi connectivity index (χ1) is 5.49. The van der Waals surface area contributed by atoms with Crippen molar-refractivity contribution in [2.75, 3.05) is 0 Å². The Labute approximate surface area is 78.6 Å². The monoisotopic (exact) mass is 194 g/mol.